The van der Waals surface area contributed by atoms with E-state index < -0.39 is 0 Å². The maximum absolute atomic E-state index is 12.8. The van der Waals surface area contributed by atoms with E-state index in [0.29, 0.717) is 18.5 Å². The van der Waals surface area contributed by atoms with Crippen LogP contribution >= 0.6 is 0 Å². The molecule has 1 aromatic rings. The van der Waals surface area contributed by atoms with Crippen LogP contribution in [0.1, 0.15) is 25.3 Å². The Morgan fingerprint density at radius 3 is 2.54 bits per heavy atom. The molecule has 0 spiro atoms. The Labute approximate surface area is 156 Å². The molecule has 1 aromatic carbocycles. The molecule has 0 aromatic heterocycles. The molecule has 3 amide bonds. The summed E-state index contributed by atoms with van der Waals surface area (Å²) >= 11 is 0. The number of likely N-dealkylation sites (tertiary alicyclic amines) is 1. The number of anilines is 1. The van der Waals surface area contributed by atoms with Gasteiger partial charge in [-0.15, -0.1) is 0 Å². The monoisotopic (exact) mass is 358 g/mol. The summed E-state index contributed by atoms with van der Waals surface area (Å²) in [6.07, 6.45) is 2.05. The predicted octanol–water partition coefficient (Wildman–Crippen LogP) is 2.25. The summed E-state index contributed by atoms with van der Waals surface area (Å²) in [5.41, 5.74) is 1.95. The highest BCUT2D eigenvalue weighted by Gasteiger charge is 2.32. The van der Waals surface area contributed by atoms with E-state index in [-0.39, 0.29) is 18.5 Å². The molecule has 0 aliphatic carbocycles. The average molecular weight is 358 g/mol. The number of para-hydroxylation sites is 1. The normalized spacial score (nSPS) is 19.7. The number of fused-ring (bicyclic) bond motifs is 1. The van der Waals surface area contributed by atoms with Crippen molar-refractivity contribution >= 4 is 17.6 Å². The van der Waals surface area contributed by atoms with E-state index in [1.807, 2.05) is 29.2 Å². The summed E-state index contributed by atoms with van der Waals surface area (Å²) < 4.78 is 0. The fourth-order valence-corrected chi connectivity index (χ4v) is 3.98. The van der Waals surface area contributed by atoms with Crippen LogP contribution in [0.25, 0.3) is 0 Å². The number of amides is 3. The van der Waals surface area contributed by atoms with E-state index in [9.17, 15) is 9.59 Å². The van der Waals surface area contributed by atoms with Gasteiger partial charge in [0.15, 0.2) is 0 Å². The lowest BCUT2D eigenvalue weighted by Gasteiger charge is -2.39. The van der Waals surface area contributed by atoms with Crippen LogP contribution < -0.4 is 4.90 Å². The summed E-state index contributed by atoms with van der Waals surface area (Å²) in [4.78, 5) is 32.9. The van der Waals surface area contributed by atoms with Crippen molar-refractivity contribution in [1.29, 1.82) is 0 Å². The first-order chi connectivity index (χ1) is 12.4. The third kappa shape index (κ3) is 3.70. The molecule has 1 atom stereocenters. The molecule has 0 N–H and O–H groups in total. The zero-order valence-electron chi connectivity index (χ0n) is 16.3. The van der Waals surface area contributed by atoms with Gasteiger partial charge >= 0.3 is 6.03 Å². The summed E-state index contributed by atoms with van der Waals surface area (Å²) in [6, 6.07) is 8.26. The molecule has 2 aliphatic rings. The number of carbonyl (C=O) groups excluding carboxylic acids is 2. The Morgan fingerprint density at radius 2 is 1.88 bits per heavy atom. The molecule has 0 bridgehead atoms. The number of hydrogen-bond donors (Lipinski definition) is 0. The minimum atomic E-state index is -0.104. The molecule has 1 saturated heterocycles. The first-order valence-electron chi connectivity index (χ1n) is 9.43. The van der Waals surface area contributed by atoms with Crippen molar-refractivity contribution in [1.82, 2.24) is 14.7 Å². The molecule has 2 aliphatic heterocycles. The van der Waals surface area contributed by atoms with Gasteiger partial charge in [0, 0.05) is 32.7 Å². The smallest absolute Gasteiger partial charge is 0.325 e. The van der Waals surface area contributed by atoms with E-state index in [2.05, 4.69) is 25.9 Å². The standard InChI is InChI=1S/C20H30N4O2/c1-15(21(2)3)16-9-11-23(12-10-16)19(25)14-24-18-8-6-5-7-17(18)13-22(4)20(24)26/h5-8,15-16H,9-14H2,1-4H3. The van der Waals surface area contributed by atoms with Crippen LogP contribution in [0.3, 0.4) is 0 Å². The lowest BCUT2D eigenvalue weighted by atomic mass is 9.89. The van der Waals surface area contributed by atoms with Crippen molar-refractivity contribution in [3.05, 3.63) is 29.8 Å². The molecule has 26 heavy (non-hydrogen) atoms. The number of hydrogen-bond acceptors (Lipinski definition) is 3. The van der Waals surface area contributed by atoms with E-state index in [0.717, 1.165) is 37.2 Å². The van der Waals surface area contributed by atoms with E-state index in [1.54, 1.807) is 16.8 Å². The Balaban J connectivity index is 1.64. The van der Waals surface area contributed by atoms with Crippen LogP contribution in [0.15, 0.2) is 24.3 Å². The molecule has 3 rings (SSSR count). The predicted molar refractivity (Wildman–Crippen MR) is 103 cm³/mol. The van der Waals surface area contributed by atoms with Crippen molar-refractivity contribution in [2.75, 3.05) is 45.7 Å². The highest BCUT2D eigenvalue weighted by atomic mass is 16.2. The molecular weight excluding hydrogens is 328 g/mol. The van der Waals surface area contributed by atoms with Gasteiger partial charge in [-0.25, -0.2) is 4.79 Å². The van der Waals surface area contributed by atoms with Crippen LogP contribution in [0.4, 0.5) is 10.5 Å². The fourth-order valence-electron chi connectivity index (χ4n) is 3.98. The van der Waals surface area contributed by atoms with Crippen molar-refractivity contribution in [2.45, 2.75) is 32.4 Å². The van der Waals surface area contributed by atoms with Crippen LogP contribution in [0, 0.1) is 5.92 Å². The number of rotatable bonds is 4. The number of piperidine rings is 1. The van der Waals surface area contributed by atoms with Crippen LogP contribution in [0.2, 0.25) is 0 Å². The molecule has 0 saturated carbocycles. The minimum absolute atomic E-state index is 0.0411. The summed E-state index contributed by atoms with van der Waals surface area (Å²) in [6.45, 7) is 4.52. The first kappa shape index (κ1) is 18.7. The quantitative estimate of drug-likeness (QED) is 0.829. The van der Waals surface area contributed by atoms with Crippen molar-refractivity contribution in [2.24, 2.45) is 5.92 Å². The molecule has 0 radical (unpaired) electrons. The molecule has 6 heteroatoms. The molecule has 142 valence electrons. The van der Waals surface area contributed by atoms with Gasteiger partial charge < -0.3 is 14.7 Å². The SMILES string of the molecule is CC(C1CCN(C(=O)CN2C(=O)N(C)Cc3ccccc32)CC1)N(C)C. The Kier molecular flexibility index (Phi) is 5.51. The van der Waals surface area contributed by atoms with Crippen LogP contribution in [-0.4, -0.2) is 73.5 Å². The molecule has 6 nitrogen and oxygen atoms in total. The van der Waals surface area contributed by atoms with Crippen molar-refractivity contribution in [3.63, 3.8) is 0 Å². The Hall–Kier alpha value is -2.08. The number of urea groups is 1. The fraction of sp³-hybridized carbons (Fsp3) is 0.600. The van der Waals surface area contributed by atoms with Gasteiger partial charge in [-0.05, 0) is 51.4 Å². The highest BCUT2D eigenvalue weighted by molar-refractivity contribution is 5.99. The molecule has 1 unspecified atom stereocenters. The molecular formula is C20H30N4O2. The number of nitrogens with zero attached hydrogens (tertiary/aromatic N) is 4. The van der Waals surface area contributed by atoms with Gasteiger partial charge in [0.05, 0.1) is 5.69 Å². The summed E-state index contributed by atoms with van der Waals surface area (Å²) in [5.74, 6) is 0.664. The average Bonchev–Trinajstić information content (AvgIpc) is 2.64. The van der Waals surface area contributed by atoms with Gasteiger partial charge in [0.2, 0.25) is 5.91 Å². The van der Waals surface area contributed by atoms with Gasteiger partial charge in [0.1, 0.15) is 6.54 Å². The molecule has 2 heterocycles. The topological polar surface area (TPSA) is 47.1 Å². The Bertz CT molecular complexity index is 668. The van der Waals surface area contributed by atoms with Gasteiger partial charge in [-0.3, -0.25) is 9.69 Å². The van der Waals surface area contributed by atoms with Crippen molar-refractivity contribution < 1.29 is 9.59 Å². The van der Waals surface area contributed by atoms with Crippen LogP contribution in [-0.2, 0) is 11.3 Å². The highest BCUT2D eigenvalue weighted by Crippen LogP contribution is 2.28. The zero-order valence-corrected chi connectivity index (χ0v) is 16.3. The largest absolute Gasteiger partial charge is 0.341 e. The maximum Gasteiger partial charge on any atom is 0.325 e. The Morgan fingerprint density at radius 1 is 1.23 bits per heavy atom. The van der Waals surface area contributed by atoms with E-state index in [1.165, 1.54) is 0 Å². The van der Waals surface area contributed by atoms with Crippen LogP contribution in [0.5, 0.6) is 0 Å². The van der Waals surface area contributed by atoms with Gasteiger partial charge in [-0.1, -0.05) is 18.2 Å². The lowest BCUT2D eigenvalue weighted by molar-refractivity contribution is -0.131. The second-order valence-electron chi connectivity index (χ2n) is 7.78. The van der Waals surface area contributed by atoms with E-state index in [4.69, 9.17) is 0 Å². The number of carbonyl (C=O) groups is 2. The summed E-state index contributed by atoms with van der Waals surface area (Å²) in [7, 11) is 6.00. The van der Waals surface area contributed by atoms with E-state index >= 15 is 0 Å². The third-order valence-electron chi connectivity index (χ3n) is 5.93. The summed E-state index contributed by atoms with van der Waals surface area (Å²) in [5, 5.41) is 0. The van der Waals surface area contributed by atoms with Crippen molar-refractivity contribution in [3.8, 4) is 0 Å². The zero-order chi connectivity index (χ0) is 18.8. The van der Waals surface area contributed by atoms with Gasteiger partial charge in [0.25, 0.3) is 0 Å². The van der Waals surface area contributed by atoms with Gasteiger partial charge in [-0.2, -0.15) is 0 Å². The lowest BCUT2D eigenvalue weighted by Crippen LogP contribution is -2.51. The number of benzene rings is 1. The second kappa shape index (κ2) is 7.66. The minimum Gasteiger partial charge on any atom is -0.341 e. The molecule has 1 fully saturated rings. The first-order valence-corrected chi connectivity index (χ1v) is 9.43. The second-order valence-corrected chi connectivity index (χ2v) is 7.78. The third-order valence-corrected chi connectivity index (χ3v) is 5.93. The maximum atomic E-state index is 12.8.